The summed E-state index contributed by atoms with van der Waals surface area (Å²) in [7, 11) is 0. The van der Waals surface area contributed by atoms with Gasteiger partial charge in [0, 0.05) is 12.1 Å². The predicted octanol–water partition coefficient (Wildman–Crippen LogP) is 3.78. The molecule has 1 N–H and O–H groups in total. The lowest BCUT2D eigenvalue weighted by Gasteiger charge is -2.26. The first-order valence-electron chi connectivity index (χ1n) is 7.87. The van der Waals surface area contributed by atoms with E-state index >= 15 is 0 Å². The Morgan fingerprint density at radius 2 is 1.92 bits per heavy atom. The van der Waals surface area contributed by atoms with Crippen LogP contribution < -0.4 is 4.90 Å². The second-order valence-electron chi connectivity index (χ2n) is 5.85. The first kappa shape index (κ1) is 16.1. The van der Waals surface area contributed by atoms with E-state index in [0.29, 0.717) is 17.2 Å². The Morgan fingerprint density at radius 3 is 2.50 bits per heavy atom. The van der Waals surface area contributed by atoms with Gasteiger partial charge in [0.25, 0.3) is 5.91 Å². The van der Waals surface area contributed by atoms with Crippen molar-refractivity contribution in [2.24, 2.45) is 0 Å². The maximum absolute atomic E-state index is 12.7. The van der Waals surface area contributed by atoms with Crippen molar-refractivity contribution in [3.8, 4) is 0 Å². The number of carbonyl (C=O) groups excluding carboxylic acids is 2. The first-order chi connectivity index (χ1) is 11.5. The third kappa shape index (κ3) is 2.42. The molecule has 2 heterocycles. The highest BCUT2D eigenvalue weighted by atomic mass is 16.3. The zero-order valence-electron chi connectivity index (χ0n) is 13.9. The molecule has 5 nitrogen and oxygen atoms in total. The van der Waals surface area contributed by atoms with Crippen LogP contribution in [0.15, 0.2) is 52.1 Å². The molecule has 1 aromatic carbocycles. The first-order valence-corrected chi connectivity index (χ1v) is 7.87. The van der Waals surface area contributed by atoms with Crippen LogP contribution in [0.25, 0.3) is 0 Å². The van der Waals surface area contributed by atoms with Crippen LogP contribution in [0.3, 0.4) is 0 Å². The average molecular weight is 325 g/mol. The van der Waals surface area contributed by atoms with E-state index in [1.807, 2.05) is 25.1 Å². The van der Waals surface area contributed by atoms with Gasteiger partial charge in [0.2, 0.25) is 0 Å². The van der Waals surface area contributed by atoms with Crippen molar-refractivity contribution in [2.75, 3.05) is 4.90 Å². The molecule has 3 rings (SSSR count). The Hall–Kier alpha value is -2.82. The molecule has 1 aliphatic rings. The van der Waals surface area contributed by atoms with Gasteiger partial charge in [-0.15, -0.1) is 0 Å². The minimum absolute atomic E-state index is 0.0973. The smallest absolute Gasteiger partial charge is 0.294 e. The molecule has 1 unspecified atom stereocenters. The van der Waals surface area contributed by atoms with Crippen molar-refractivity contribution < 1.29 is 19.1 Å². The molecule has 0 radical (unpaired) electrons. The molecule has 2 aromatic rings. The van der Waals surface area contributed by atoms with Crippen LogP contribution in [0.2, 0.25) is 0 Å². The number of hydrogen-bond acceptors (Lipinski definition) is 4. The summed E-state index contributed by atoms with van der Waals surface area (Å²) in [6, 6.07) is 10.1. The maximum Gasteiger partial charge on any atom is 0.294 e. The Bertz CT molecular complexity index is 847. The lowest BCUT2D eigenvalue weighted by molar-refractivity contribution is -0.118. The molecule has 124 valence electrons. The molecule has 1 aliphatic heterocycles. The minimum Gasteiger partial charge on any atom is -0.503 e. The van der Waals surface area contributed by atoms with E-state index in [-0.39, 0.29) is 17.8 Å². The number of aliphatic hydroxyl groups excluding tert-OH is 1. The second kappa shape index (κ2) is 6.00. The SMILES string of the molecule is CCC(=O)C1=C(O)C(=O)N(c2ccccc2C)C1c1ccc(C)o1. The summed E-state index contributed by atoms with van der Waals surface area (Å²) in [4.78, 5) is 26.5. The molecular weight excluding hydrogens is 306 g/mol. The zero-order valence-corrected chi connectivity index (χ0v) is 13.9. The number of amides is 1. The van der Waals surface area contributed by atoms with Crippen molar-refractivity contribution in [1.29, 1.82) is 0 Å². The molecule has 5 heteroatoms. The lowest BCUT2D eigenvalue weighted by Crippen LogP contribution is -2.31. The number of rotatable bonds is 4. The van der Waals surface area contributed by atoms with Crippen LogP contribution in [0.5, 0.6) is 0 Å². The number of carbonyl (C=O) groups is 2. The summed E-state index contributed by atoms with van der Waals surface area (Å²) < 4.78 is 5.69. The predicted molar refractivity (Wildman–Crippen MR) is 89.8 cm³/mol. The molecule has 0 bridgehead atoms. The molecule has 1 aromatic heterocycles. The molecule has 0 fully saturated rings. The lowest BCUT2D eigenvalue weighted by atomic mass is 9.99. The number of furan rings is 1. The van der Waals surface area contributed by atoms with Crippen molar-refractivity contribution in [2.45, 2.75) is 33.2 Å². The fourth-order valence-corrected chi connectivity index (χ4v) is 3.03. The fraction of sp³-hybridized carbons (Fsp3) is 0.263. The van der Waals surface area contributed by atoms with Crippen LogP contribution in [0.4, 0.5) is 5.69 Å². The van der Waals surface area contributed by atoms with Gasteiger partial charge >= 0.3 is 0 Å². The van der Waals surface area contributed by atoms with Gasteiger partial charge in [0.05, 0.1) is 5.57 Å². The zero-order chi connectivity index (χ0) is 17.4. The van der Waals surface area contributed by atoms with E-state index in [1.54, 1.807) is 32.0 Å². The normalized spacial score (nSPS) is 17.7. The van der Waals surface area contributed by atoms with Crippen LogP contribution in [-0.4, -0.2) is 16.8 Å². The van der Waals surface area contributed by atoms with E-state index in [4.69, 9.17) is 4.42 Å². The molecule has 0 saturated heterocycles. The van der Waals surface area contributed by atoms with Gasteiger partial charge in [0.1, 0.15) is 17.6 Å². The number of aliphatic hydroxyl groups is 1. The van der Waals surface area contributed by atoms with Crippen LogP contribution in [0.1, 0.15) is 36.5 Å². The van der Waals surface area contributed by atoms with Gasteiger partial charge < -0.3 is 9.52 Å². The molecular formula is C19H19NO4. The van der Waals surface area contributed by atoms with Crippen LogP contribution in [0, 0.1) is 13.8 Å². The molecule has 0 aliphatic carbocycles. The summed E-state index contributed by atoms with van der Waals surface area (Å²) in [5, 5.41) is 10.3. The third-order valence-electron chi connectivity index (χ3n) is 4.24. The largest absolute Gasteiger partial charge is 0.503 e. The number of benzene rings is 1. The Kier molecular flexibility index (Phi) is 4.01. The van der Waals surface area contributed by atoms with Gasteiger partial charge in [0.15, 0.2) is 11.5 Å². The van der Waals surface area contributed by atoms with E-state index in [1.165, 1.54) is 4.90 Å². The maximum atomic E-state index is 12.7. The summed E-state index contributed by atoms with van der Waals surface area (Å²) in [6.07, 6.45) is 0.199. The third-order valence-corrected chi connectivity index (χ3v) is 4.24. The summed E-state index contributed by atoms with van der Waals surface area (Å²) >= 11 is 0. The van der Waals surface area contributed by atoms with Crippen molar-refractivity contribution >= 4 is 17.4 Å². The summed E-state index contributed by atoms with van der Waals surface area (Å²) in [5.41, 5.74) is 1.62. The molecule has 1 atom stereocenters. The van der Waals surface area contributed by atoms with Gasteiger partial charge in [-0.05, 0) is 37.6 Å². The van der Waals surface area contributed by atoms with Crippen molar-refractivity contribution in [1.82, 2.24) is 0 Å². The monoisotopic (exact) mass is 325 g/mol. The standard InChI is InChI=1S/C19H19NO4/c1-4-14(21)16-17(15-10-9-12(3)24-15)20(19(23)18(16)22)13-8-6-5-7-11(13)2/h5-10,17,22H,4H2,1-3H3. The molecule has 1 amide bonds. The Balaban J connectivity index is 2.20. The van der Waals surface area contributed by atoms with E-state index < -0.39 is 17.7 Å². The average Bonchev–Trinajstić information content (AvgIpc) is 3.10. The fourth-order valence-electron chi connectivity index (χ4n) is 3.03. The number of anilines is 1. The van der Waals surface area contributed by atoms with Crippen molar-refractivity contribution in [3.63, 3.8) is 0 Å². The van der Waals surface area contributed by atoms with Crippen LogP contribution >= 0.6 is 0 Å². The van der Waals surface area contributed by atoms with Crippen molar-refractivity contribution in [3.05, 3.63) is 64.8 Å². The number of aryl methyl sites for hydroxylation is 2. The topological polar surface area (TPSA) is 70.8 Å². The highest BCUT2D eigenvalue weighted by Gasteiger charge is 2.45. The highest BCUT2D eigenvalue weighted by molar-refractivity contribution is 6.16. The number of para-hydroxylation sites is 1. The van der Waals surface area contributed by atoms with Crippen LogP contribution in [-0.2, 0) is 9.59 Å². The van der Waals surface area contributed by atoms with Gasteiger partial charge in [-0.2, -0.15) is 0 Å². The number of nitrogens with zero attached hydrogens (tertiary/aromatic N) is 1. The minimum atomic E-state index is -0.750. The van der Waals surface area contributed by atoms with Gasteiger partial charge in [-0.1, -0.05) is 25.1 Å². The quantitative estimate of drug-likeness (QED) is 0.929. The molecule has 0 spiro atoms. The van der Waals surface area contributed by atoms with E-state index in [0.717, 1.165) is 5.56 Å². The summed E-state index contributed by atoms with van der Waals surface area (Å²) in [6.45, 7) is 5.38. The number of hydrogen-bond donors (Lipinski definition) is 1. The summed E-state index contributed by atoms with van der Waals surface area (Å²) in [5.74, 6) is -0.206. The number of ketones is 1. The molecule has 0 saturated carbocycles. The molecule has 24 heavy (non-hydrogen) atoms. The second-order valence-corrected chi connectivity index (χ2v) is 5.85. The Morgan fingerprint density at radius 1 is 1.21 bits per heavy atom. The Labute approximate surface area is 140 Å². The number of Topliss-reactive ketones (excluding diaryl/α,β-unsaturated/α-hetero) is 1. The van der Waals surface area contributed by atoms with Gasteiger partial charge in [-0.3, -0.25) is 14.5 Å². The highest BCUT2D eigenvalue weighted by Crippen LogP contribution is 2.42. The van der Waals surface area contributed by atoms with E-state index in [2.05, 4.69) is 0 Å². The van der Waals surface area contributed by atoms with E-state index in [9.17, 15) is 14.7 Å². The van der Waals surface area contributed by atoms with Gasteiger partial charge in [-0.25, -0.2) is 0 Å².